The molecule has 2 aromatic rings. The Morgan fingerprint density at radius 3 is 2.48 bits per heavy atom. The number of amides is 3. The lowest BCUT2D eigenvalue weighted by Gasteiger charge is -2.16. The molecule has 138 valence electrons. The number of fused-ring (bicyclic) bond motifs is 6. The number of likely N-dealkylation sites (tertiary alicyclic amines) is 1. The van der Waals surface area contributed by atoms with E-state index in [0.717, 1.165) is 28.2 Å². The summed E-state index contributed by atoms with van der Waals surface area (Å²) in [5, 5.41) is 2.79. The molecule has 0 radical (unpaired) electrons. The van der Waals surface area contributed by atoms with Gasteiger partial charge in [0.2, 0.25) is 17.7 Å². The SMILES string of the molecule is Cn1c(CNC(=O)CN2C(=O)C3C4C=CC(C4)C3C2=O)nc2ccccc21. The van der Waals surface area contributed by atoms with Gasteiger partial charge in [0, 0.05) is 7.05 Å². The molecule has 3 amide bonds. The lowest BCUT2D eigenvalue weighted by molar-refractivity contribution is -0.144. The van der Waals surface area contributed by atoms with Gasteiger partial charge in [-0.25, -0.2) is 4.98 Å². The largest absolute Gasteiger partial charge is 0.347 e. The third-order valence-electron chi connectivity index (χ3n) is 6.19. The smallest absolute Gasteiger partial charge is 0.240 e. The average molecular weight is 364 g/mol. The minimum absolute atomic E-state index is 0.157. The van der Waals surface area contributed by atoms with Gasteiger partial charge in [-0.05, 0) is 30.4 Å². The number of aryl methyl sites for hydroxylation is 1. The highest BCUT2D eigenvalue weighted by molar-refractivity contribution is 6.08. The summed E-state index contributed by atoms with van der Waals surface area (Å²) in [4.78, 5) is 43.3. The van der Waals surface area contributed by atoms with E-state index >= 15 is 0 Å². The van der Waals surface area contributed by atoms with Gasteiger partial charge in [-0.15, -0.1) is 0 Å². The first-order valence-electron chi connectivity index (χ1n) is 9.25. The van der Waals surface area contributed by atoms with E-state index in [9.17, 15) is 14.4 Å². The monoisotopic (exact) mass is 364 g/mol. The summed E-state index contributed by atoms with van der Waals surface area (Å²) in [7, 11) is 1.90. The Morgan fingerprint density at radius 2 is 1.81 bits per heavy atom. The summed E-state index contributed by atoms with van der Waals surface area (Å²) < 4.78 is 1.93. The van der Waals surface area contributed by atoms with Crippen LogP contribution in [0.2, 0.25) is 0 Å². The molecule has 2 aliphatic carbocycles. The predicted molar refractivity (Wildman–Crippen MR) is 97.0 cm³/mol. The number of imide groups is 1. The third kappa shape index (κ3) is 2.34. The van der Waals surface area contributed by atoms with Crippen LogP contribution in [0, 0.1) is 23.7 Å². The van der Waals surface area contributed by atoms with Crippen LogP contribution < -0.4 is 5.32 Å². The van der Waals surface area contributed by atoms with Crippen molar-refractivity contribution in [1.29, 1.82) is 0 Å². The zero-order valence-electron chi connectivity index (χ0n) is 15.0. The molecule has 2 heterocycles. The first-order chi connectivity index (χ1) is 13.0. The van der Waals surface area contributed by atoms with Gasteiger partial charge in [0.1, 0.15) is 12.4 Å². The van der Waals surface area contributed by atoms with Gasteiger partial charge < -0.3 is 9.88 Å². The molecule has 1 aromatic carbocycles. The fraction of sp³-hybridized carbons (Fsp3) is 0.400. The van der Waals surface area contributed by atoms with Crippen LogP contribution in [-0.4, -0.2) is 38.7 Å². The van der Waals surface area contributed by atoms with Gasteiger partial charge in [-0.1, -0.05) is 24.3 Å². The molecule has 1 N–H and O–H groups in total. The summed E-state index contributed by atoms with van der Waals surface area (Å²) in [6.45, 7) is 0.0357. The van der Waals surface area contributed by atoms with Crippen molar-refractivity contribution in [3.63, 3.8) is 0 Å². The standard InChI is InChI=1S/C20H20N4O3/c1-23-14-5-3-2-4-13(14)22-15(23)9-21-16(25)10-24-19(26)17-11-6-7-12(8-11)18(17)20(24)27/h2-7,11-12,17-18H,8-10H2,1H3,(H,21,25). The number of aromatic nitrogens is 2. The van der Waals surface area contributed by atoms with Gasteiger partial charge in [-0.3, -0.25) is 19.3 Å². The van der Waals surface area contributed by atoms with Crippen molar-refractivity contribution in [2.75, 3.05) is 6.54 Å². The van der Waals surface area contributed by atoms with Crippen LogP contribution in [-0.2, 0) is 28.0 Å². The van der Waals surface area contributed by atoms with E-state index in [2.05, 4.69) is 10.3 Å². The third-order valence-corrected chi connectivity index (χ3v) is 6.19. The van der Waals surface area contributed by atoms with Crippen molar-refractivity contribution < 1.29 is 14.4 Å². The molecule has 1 saturated carbocycles. The molecular weight excluding hydrogens is 344 g/mol. The zero-order valence-corrected chi connectivity index (χ0v) is 15.0. The first kappa shape index (κ1) is 16.2. The number of allylic oxidation sites excluding steroid dienone is 2. The summed E-state index contributed by atoms with van der Waals surface area (Å²) in [5.41, 5.74) is 1.85. The Hall–Kier alpha value is -2.96. The van der Waals surface area contributed by atoms with Crippen LogP contribution in [0.1, 0.15) is 12.2 Å². The Bertz CT molecular complexity index is 978. The number of carbonyl (C=O) groups is 3. The van der Waals surface area contributed by atoms with Crippen LogP contribution in [0.4, 0.5) is 0 Å². The Morgan fingerprint density at radius 1 is 1.15 bits per heavy atom. The lowest BCUT2D eigenvalue weighted by atomic mass is 9.85. The molecule has 4 atom stereocenters. The number of nitrogens with zero attached hydrogens (tertiary/aromatic N) is 3. The van der Waals surface area contributed by atoms with Crippen LogP contribution >= 0.6 is 0 Å². The van der Waals surface area contributed by atoms with E-state index in [-0.39, 0.29) is 54.5 Å². The number of carbonyl (C=O) groups excluding carboxylic acids is 3. The highest BCUT2D eigenvalue weighted by Crippen LogP contribution is 2.52. The molecule has 3 aliphatic rings. The predicted octanol–water partition coefficient (Wildman–Crippen LogP) is 0.997. The molecule has 5 rings (SSSR count). The van der Waals surface area contributed by atoms with Crippen molar-refractivity contribution >= 4 is 28.8 Å². The summed E-state index contributed by atoms with van der Waals surface area (Å²) in [6.07, 6.45) is 4.98. The van der Waals surface area contributed by atoms with E-state index < -0.39 is 0 Å². The molecule has 1 aromatic heterocycles. The summed E-state index contributed by atoms with van der Waals surface area (Å²) in [5.74, 6) is -0.222. The zero-order chi connectivity index (χ0) is 18.7. The van der Waals surface area contributed by atoms with E-state index in [1.165, 1.54) is 0 Å². The lowest BCUT2D eigenvalue weighted by Crippen LogP contribution is -2.41. The second-order valence-electron chi connectivity index (χ2n) is 7.61. The summed E-state index contributed by atoms with van der Waals surface area (Å²) in [6, 6.07) is 7.75. The number of imidazole rings is 1. The first-order valence-corrected chi connectivity index (χ1v) is 9.25. The molecule has 7 heteroatoms. The number of para-hydroxylation sites is 2. The number of nitrogens with one attached hydrogen (secondary N) is 1. The number of benzene rings is 1. The van der Waals surface area contributed by atoms with Gasteiger partial charge in [0.25, 0.3) is 0 Å². The minimum atomic E-state index is -0.343. The maximum atomic E-state index is 12.6. The van der Waals surface area contributed by atoms with Crippen molar-refractivity contribution in [3.8, 4) is 0 Å². The van der Waals surface area contributed by atoms with E-state index in [0.29, 0.717) is 0 Å². The molecule has 2 bridgehead atoms. The Labute approximate surface area is 156 Å². The quantitative estimate of drug-likeness (QED) is 0.648. The molecule has 2 fully saturated rings. The van der Waals surface area contributed by atoms with Crippen LogP contribution in [0.25, 0.3) is 11.0 Å². The summed E-state index contributed by atoms with van der Waals surface area (Å²) >= 11 is 0. The molecule has 4 unspecified atom stereocenters. The van der Waals surface area contributed by atoms with Crippen molar-refractivity contribution in [2.24, 2.45) is 30.7 Å². The molecule has 1 saturated heterocycles. The number of hydrogen-bond donors (Lipinski definition) is 1. The fourth-order valence-corrected chi connectivity index (χ4v) is 4.85. The van der Waals surface area contributed by atoms with E-state index in [4.69, 9.17) is 0 Å². The van der Waals surface area contributed by atoms with Crippen LogP contribution in [0.3, 0.4) is 0 Å². The van der Waals surface area contributed by atoms with Crippen molar-refractivity contribution in [2.45, 2.75) is 13.0 Å². The van der Waals surface area contributed by atoms with Crippen LogP contribution in [0.5, 0.6) is 0 Å². The van der Waals surface area contributed by atoms with Crippen molar-refractivity contribution in [1.82, 2.24) is 19.8 Å². The maximum absolute atomic E-state index is 12.6. The molecule has 27 heavy (non-hydrogen) atoms. The van der Waals surface area contributed by atoms with Gasteiger partial charge >= 0.3 is 0 Å². The highest BCUT2D eigenvalue weighted by Gasteiger charge is 2.59. The Kier molecular flexibility index (Phi) is 3.47. The number of rotatable bonds is 4. The normalized spacial score (nSPS) is 28.4. The highest BCUT2D eigenvalue weighted by atomic mass is 16.2. The van der Waals surface area contributed by atoms with E-state index in [1.54, 1.807) is 0 Å². The second-order valence-corrected chi connectivity index (χ2v) is 7.61. The molecule has 1 aliphatic heterocycles. The van der Waals surface area contributed by atoms with Crippen LogP contribution in [0.15, 0.2) is 36.4 Å². The molecular formula is C20H20N4O3. The topological polar surface area (TPSA) is 84.3 Å². The Balaban J connectivity index is 1.25. The molecule has 7 nitrogen and oxygen atoms in total. The van der Waals surface area contributed by atoms with E-state index in [1.807, 2.05) is 48.0 Å². The minimum Gasteiger partial charge on any atom is -0.347 e. The maximum Gasteiger partial charge on any atom is 0.240 e. The van der Waals surface area contributed by atoms with Crippen molar-refractivity contribution in [3.05, 3.63) is 42.2 Å². The van der Waals surface area contributed by atoms with Gasteiger partial charge in [0.05, 0.1) is 29.4 Å². The van der Waals surface area contributed by atoms with Gasteiger partial charge in [0.15, 0.2) is 0 Å². The molecule has 0 spiro atoms. The average Bonchev–Trinajstić information content (AvgIpc) is 3.41. The second kappa shape index (κ2) is 5.77. The number of hydrogen-bond acceptors (Lipinski definition) is 4. The van der Waals surface area contributed by atoms with Gasteiger partial charge in [-0.2, -0.15) is 0 Å². The fourth-order valence-electron chi connectivity index (χ4n) is 4.85.